The lowest BCUT2D eigenvalue weighted by Gasteiger charge is -2.16. The second-order valence-corrected chi connectivity index (χ2v) is 5.71. The number of halogens is 4. The highest BCUT2D eigenvalue weighted by Gasteiger charge is 2.32. The minimum atomic E-state index is -5.00. The molecule has 2 aromatic carbocycles. The predicted octanol–water partition coefficient (Wildman–Crippen LogP) is 4.86. The highest BCUT2D eigenvalue weighted by Crippen LogP contribution is 2.28. The maximum Gasteiger partial charge on any atom is 0.573 e. The van der Waals surface area contributed by atoms with Crippen molar-refractivity contribution in [3.05, 3.63) is 59.4 Å². The van der Waals surface area contributed by atoms with Gasteiger partial charge in [-0.3, -0.25) is 4.79 Å². The fourth-order valence-corrected chi connectivity index (χ4v) is 2.42. The Bertz CT molecular complexity index is 790. The van der Waals surface area contributed by atoms with Gasteiger partial charge < -0.3 is 19.3 Å². The number of aliphatic carboxylic acids is 1. The van der Waals surface area contributed by atoms with Gasteiger partial charge in [-0.1, -0.05) is 18.2 Å². The molecule has 0 aliphatic heterocycles. The van der Waals surface area contributed by atoms with Crippen molar-refractivity contribution in [1.82, 2.24) is 0 Å². The largest absolute Gasteiger partial charge is 0.573 e. The fourth-order valence-electron chi connectivity index (χ4n) is 2.42. The van der Waals surface area contributed by atoms with E-state index in [9.17, 15) is 22.4 Å². The molecule has 0 unspecified atom stereocenters. The van der Waals surface area contributed by atoms with Crippen molar-refractivity contribution < 1.29 is 41.7 Å². The number of hydrogen-bond acceptors (Lipinski definition) is 4. The standard InChI is InChI=1S/C19H18F4O5/c1-2-26-16(10-18(24)25)13-4-6-14(7-5-13)27-11-12-3-8-15(20)17(9-12)28-19(21,22)23/h3-9,16H,2,10-11H2,1H3,(H,24,25)/t16-/m0/s1. The minimum Gasteiger partial charge on any atom is -0.489 e. The molecule has 9 heteroatoms. The van der Waals surface area contributed by atoms with E-state index in [1.807, 2.05) is 0 Å². The van der Waals surface area contributed by atoms with Gasteiger partial charge >= 0.3 is 12.3 Å². The summed E-state index contributed by atoms with van der Waals surface area (Å²) in [6.45, 7) is 1.99. The number of ether oxygens (including phenoxy) is 3. The van der Waals surface area contributed by atoms with Crippen LogP contribution in [-0.4, -0.2) is 24.0 Å². The number of carboxylic acids is 1. The highest BCUT2D eigenvalue weighted by atomic mass is 19.4. The van der Waals surface area contributed by atoms with Crippen LogP contribution in [0.4, 0.5) is 17.6 Å². The Labute approximate surface area is 158 Å². The van der Waals surface area contributed by atoms with E-state index in [1.54, 1.807) is 31.2 Å². The molecule has 0 saturated heterocycles. The molecule has 0 amide bonds. The van der Waals surface area contributed by atoms with Crippen molar-refractivity contribution in [3.8, 4) is 11.5 Å². The SMILES string of the molecule is CCO[C@@H](CC(=O)O)c1ccc(OCc2ccc(F)c(OC(F)(F)F)c2)cc1. The van der Waals surface area contributed by atoms with Crippen LogP contribution in [0.25, 0.3) is 0 Å². The molecule has 1 N–H and O–H groups in total. The van der Waals surface area contributed by atoms with Crippen LogP contribution in [0.1, 0.15) is 30.6 Å². The smallest absolute Gasteiger partial charge is 0.489 e. The average Bonchev–Trinajstić information content (AvgIpc) is 2.61. The topological polar surface area (TPSA) is 65.0 Å². The third-order valence-electron chi connectivity index (χ3n) is 3.61. The molecule has 0 saturated carbocycles. The molecule has 5 nitrogen and oxygen atoms in total. The van der Waals surface area contributed by atoms with Gasteiger partial charge in [0.15, 0.2) is 11.6 Å². The van der Waals surface area contributed by atoms with E-state index < -0.39 is 30.0 Å². The average molecular weight is 402 g/mol. The number of carbonyl (C=O) groups is 1. The Balaban J connectivity index is 2.03. The van der Waals surface area contributed by atoms with E-state index in [2.05, 4.69) is 4.74 Å². The van der Waals surface area contributed by atoms with Crippen LogP contribution in [0.15, 0.2) is 42.5 Å². The van der Waals surface area contributed by atoms with E-state index in [0.717, 1.165) is 12.1 Å². The van der Waals surface area contributed by atoms with Gasteiger partial charge in [0.25, 0.3) is 0 Å². The normalized spacial score (nSPS) is 12.5. The van der Waals surface area contributed by atoms with Crippen LogP contribution in [0.3, 0.4) is 0 Å². The molecule has 0 bridgehead atoms. The second-order valence-electron chi connectivity index (χ2n) is 5.71. The molecule has 0 aromatic heterocycles. The van der Waals surface area contributed by atoms with Crippen LogP contribution in [0.5, 0.6) is 11.5 Å². The first-order valence-electron chi connectivity index (χ1n) is 8.28. The van der Waals surface area contributed by atoms with Crippen molar-refractivity contribution in [2.24, 2.45) is 0 Å². The van der Waals surface area contributed by atoms with Crippen molar-refractivity contribution in [2.75, 3.05) is 6.61 Å². The Morgan fingerprint density at radius 2 is 1.82 bits per heavy atom. The summed E-state index contributed by atoms with van der Waals surface area (Å²) in [5.41, 5.74) is 0.932. The zero-order valence-electron chi connectivity index (χ0n) is 14.8. The van der Waals surface area contributed by atoms with Gasteiger partial charge in [-0.15, -0.1) is 13.2 Å². The maximum absolute atomic E-state index is 13.4. The summed E-state index contributed by atoms with van der Waals surface area (Å²) >= 11 is 0. The van der Waals surface area contributed by atoms with Crippen molar-refractivity contribution in [2.45, 2.75) is 32.4 Å². The Morgan fingerprint density at radius 1 is 1.14 bits per heavy atom. The molecular weight excluding hydrogens is 384 g/mol. The van der Waals surface area contributed by atoms with Gasteiger partial charge in [0, 0.05) is 6.61 Å². The monoisotopic (exact) mass is 402 g/mol. The van der Waals surface area contributed by atoms with Gasteiger partial charge in [-0.05, 0) is 42.3 Å². The zero-order chi connectivity index (χ0) is 20.7. The van der Waals surface area contributed by atoms with Crippen molar-refractivity contribution in [3.63, 3.8) is 0 Å². The van der Waals surface area contributed by atoms with E-state index in [4.69, 9.17) is 14.6 Å². The Morgan fingerprint density at radius 3 is 2.39 bits per heavy atom. The quantitative estimate of drug-likeness (QED) is 0.607. The molecule has 1 atom stereocenters. The number of alkyl halides is 3. The van der Waals surface area contributed by atoms with E-state index >= 15 is 0 Å². The van der Waals surface area contributed by atoms with Crippen LogP contribution in [0.2, 0.25) is 0 Å². The number of carboxylic acid groups (broad SMARTS) is 1. The second kappa shape index (κ2) is 9.41. The summed E-state index contributed by atoms with van der Waals surface area (Å²) in [4.78, 5) is 10.9. The summed E-state index contributed by atoms with van der Waals surface area (Å²) in [5, 5.41) is 8.94. The third kappa shape index (κ3) is 6.73. The zero-order valence-corrected chi connectivity index (χ0v) is 14.8. The molecule has 2 rings (SSSR count). The van der Waals surface area contributed by atoms with Gasteiger partial charge in [0.2, 0.25) is 0 Å². The summed E-state index contributed by atoms with van der Waals surface area (Å²) in [7, 11) is 0. The number of hydrogen-bond donors (Lipinski definition) is 1. The molecule has 0 spiro atoms. The molecule has 0 fully saturated rings. The van der Waals surface area contributed by atoms with Gasteiger partial charge in [-0.2, -0.15) is 0 Å². The lowest BCUT2D eigenvalue weighted by atomic mass is 10.1. The molecule has 28 heavy (non-hydrogen) atoms. The number of benzene rings is 2. The summed E-state index contributed by atoms with van der Waals surface area (Å²) in [6, 6.07) is 9.50. The summed E-state index contributed by atoms with van der Waals surface area (Å²) < 4.78 is 64.8. The third-order valence-corrected chi connectivity index (χ3v) is 3.61. The van der Waals surface area contributed by atoms with Crippen LogP contribution in [0, 0.1) is 5.82 Å². The number of rotatable bonds is 9. The first-order chi connectivity index (χ1) is 13.2. The first kappa shape index (κ1) is 21.5. The Kier molecular flexibility index (Phi) is 7.22. The summed E-state index contributed by atoms with van der Waals surface area (Å²) in [6.07, 6.45) is -5.79. The lowest BCUT2D eigenvalue weighted by molar-refractivity contribution is -0.275. The van der Waals surface area contributed by atoms with E-state index in [0.29, 0.717) is 17.9 Å². The fraction of sp³-hybridized carbons (Fsp3) is 0.316. The van der Waals surface area contributed by atoms with Crippen molar-refractivity contribution >= 4 is 5.97 Å². The molecule has 152 valence electrons. The molecule has 2 aromatic rings. The molecule has 0 aliphatic rings. The van der Waals surface area contributed by atoms with Crippen LogP contribution < -0.4 is 9.47 Å². The highest BCUT2D eigenvalue weighted by molar-refractivity contribution is 5.67. The predicted molar refractivity (Wildman–Crippen MR) is 90.5 cm³/mol. The first-order valence-corrected chi connectivity index (χ1v) is 8.28. The molecule has 0 heterocycles. The molecule has 0 radical (unpaired) electrons. The lowest BCUT2D eigenvalue weighted by Crippen LogP contribution is -2.18. The molecule has 0 aliphatic carbocycles. The van der Waals surface area contributed by atoms with Crippen molar-refractivity contribution in [1.29, 1.82) is 0 Å². The molecular formula is C19H18F4O5. The van der Waals surface area contributed by atoms with Crippen LogP contribution in [-0.2, 0) is 16.1 Å². The summed E-state index contributed by atoms with van der Waals surface area (Å²) in [5.74, 6) is -2.66. The van der Waals surface area contributed by atoms with E-state index in [-0.39, 0.29) is 18.6 Å². The van der Waals surface area contributed by atoms with Gasteiger partial charge in [0.05, 0.1) is 12.5 Å². The van der Waals surface area contributed by atoms with Gasteiger partial charge in [-0.25, -0.2) is 4.39 Å². The van der Waals surface area contributed by atoms with Gasteiger partial charge in [0.1, 0.15) is 12.4 Å². The van der Waals surface area contributed by atoms with E-state index in [1.165, 1.54) is 6.07 Å². The maximum atomic E-state index is 13.4. The minimum absolute atomic E-state index is 0.113. The van der Waals surface area contributed by atoms with Crippen LogP contribution >= 0.6 is 0 Å². The Hall–Kier alpha value is -2.81.